The van der Waals surface area contributed by atoms with Crippen molar-refractivity contribution in [1.29, 1.82) is 0 Å². The van der Waals surface area contributed by atoms with Crippen LogP contribution in [0, 0.1) is 5.82 Å². The SMILES string of the molecule is Cn1cc(-c2ccc(CCNC(=O)c3ccccc3F)s2)cn1. The molecule has 6 heteroatoms. The van der Waals surface area contributed by atoms with Crippen LogP contribution in [0.15, 0.2) is 48.8 Å². The molecule has 3 rings (SSSR count). The average Bonchev–Trinajstić information content (AvgIpc) is 3.16. The molecule has 0 radical (unpaired) electrons. The summed E-state index contributed by atoms with van der Waals surface area (Å²) in [5.74, 6) is -0.882. The summed E-state index contributed by atoms with van der Waals surface area (Å²) in [6.45, 7) is 0.472. The maximum absolute atomic E-state index is 13.5. The van der Waals surface area contributed by atoms with E-state index in [1.54, 1.807) is 28.2 Å². The molecule has 2 heterocycles. The predicted octanol–water partition coefficient (Wildman–Crippen LogP) is 3.26. The van der Waals surface area contributed by atoms with Crippen LogP contribution in [0.2, 0.25) is 0 Å². The third kappa shape index (κ3) is 3.65. The van der Waals surface area contributed by atoms with Gasteiger partial charge in [0.1, 0.15) is 5.82 Å². The van der Waals surface area contributed by atoms with Gasteiger partial charge in [0.2, 0.25) is 0 Å². The van der Waals surface area contributed by atoms with E-state index < -0.39 is 5.82 Å². The van der Waals surface area contributed by atoms with E-state index in [-0.39, 0.29) is 11.5 Å². The molecule has 0 unspecified atom stereocenters. The van der Waals surface area contributed by atoms with E-state index in [4.69, 9.17) is 0 Å². The summed E-state index contributed by atoms with van der Waals surface area (Å²) in [5.41, 5.74) is 1.16. The summed E-state index contributed by atoms with van der Waals surface area (Å²) in [6, 6.07) is 10.1. The zero-order chi connectivity index (χ0) is 16.2. The third-order valence-corrected chi connectivity index (χ3v) is 4.62. The van der Waals surface area contributed by atoms with Crippen molar-refractivity contribution in [3.63, 3.8) is 0 Å². The van der Waals surface area contributed by atoms with Gasteiger partial charge < -0.3 is 5.32 Å². The largest absolute Gasteiger partial charge is 0.352 e. The monoisotopic (exact) mass is 329 g/mol. The minimum absolute atomic E-state index is 0.0785. The Balaban J connectivity index is 1.56. The lowest BCUT2D eigenvalue weighted by atomic mass is 10.2. The lowest BCUT2D eigenvalue weighted by Gasteiger charge is -2.05. The van der Waals surface area contributed by atoms with Crippen LogP contribution in [0.25, 0.3) is 10.4 Å². The van der Waals surface area contributed by atoms with Crippen LogP contribution in [0.5, 0.6) is 0 Å². The number of nitrogens with one attached hydrogen (secondary N) is 1. The molecule has 0 spiro atoms. The fourth-order valence-corrected chi connectivity index (χ4v) is 3.24. The zero-order valence-electron chi connectivity index (χ0n) is 12.6. The van der Waals surface area contributed by atoms with Gasteiger partial charge in [-0.25, -0.2) is 4.39 Å². The highest BCUT2D eigenvalue weighted by molar-refractivity contribution is 7.15. The minimum Gasteiger partial charge on any atom is -0.352 e. The van der Waals surface area contributed by atoms with Crippen molar-refractivity contribution in [3.05, 3.63) is 65.0 Å². The number of hydrogen-bond donors (Lipinski definition) is 1. The highest BCUT2D eigenvalue weighted by Crippen LogP contribution is 2.27. The van der Waals surface area contributed by atoms with Gasteiger partial charge in [0, 0.05) is 35.1 Å². The normalized spacial score (nSPS) is 10.7. The maximum atomic E-state index is 13.5. The van der Waals surface area contributed by atoms with Gasteiger partial charge in [-0.3, -0.25) is 9.48 Å². The maximum Gasteiger partial charge on any atom is 0.254 e. The fraction of sp³-hybridized carbons (Fsp3) is 0.176. The van der Waals surface area contributed by atoms with Crippen LogP contribution in [0.4, 0.5) is 4.39 Å². The molecule has 0 fully saturated rings. The number of rotatable bonds is 5. The Bertz CT molecular complexity index is 825. The van der Waals surface area contributed by atoms with Crippen LogP contribution < -0.4 is 5.32 Å². The lowest BCUT2D eigenvalue weighted by Crippen LogP contribution is -2.26. The van der Waals surface area contributed by atoms with Crippen molar-refractivity contribution >= 4 is 17.2 Å². The molecule has 1 aromatic carbocycles. The van der Waals surface area contributed by atoms with E-state index in [0.717, 1.165) is 15.3 Å². The van der Waals surface area contributed by atoms with Gasteiger partial charge in [-0.2, -0.15) is 5.10 Å². The average molecular weight is 329 g/mol. The van der Waals surface area contributed by atoms with Crippen molar-refractivity contribution in [1.82, 2.24) is 15.1 Å². The molecule has 4 nitrogen and oxygen atoms in total. The summed E-state index contributed by atoms with van der Waals surface area (Å²) >= 11 is 1.67. The first-order chi connectivity index (χ1) is 11.1. The van der Waals surface area contributed by atoms with E-state index >= 15 is 0 Å². The Morgan fingerprint density at radius 1 is 1.30 bits per heavy atom. The third-order valence-electron chi connectivity index (χ3n) is 3.43. The first kappa shape index (κ1) is 15.4. The van der Waals surface area contributed by atoms with E-state index in [2.05, 4.69) is 16.5 Å². The van der Waals surface area contributed by atoms with Gasteiger partial charge in [0.15, 0.2) is 0 Å². The molecule has 1 N–H and O–H groups in total. The Hall–Kier alpha value is -2.47. The number of carbonyl (C=O) groups is 1. The number of halogens is 1. The topological polar surface area (TPSA) is 46.9 Å². The molecule has 0 aliphatic heterocycles. The van der Waals surface area contributed by atoms with Crippen LogP contribution in [-0.2, 0) is 13.5 Å². The summed E-state index contributed by atoms with van der Waals surface area (Å²) < 4.78 is 15.3. The molecule has 0 saturated heterocycles. The minimum atomic E-state index is -0.500. The van der Waals surface area contributed by atoms with Crippen molar-refractivity contribution in [2.75, 3.05) is 6.54 Å². The molecule has 118 valence electrons. The summed E-state index contributed by atoms with van der Waals surface area (Å²) in [6.07, 6.45) is 4.51. The molecule has 3 aromatic rings. The van der Waals surface area contributed by atoms with E-state index in [0.29, 0.717) is 13.0 Å². The van der Waals surface area contributed by atoms with Gasteiger partial charge in [-0.1, -0.05) is 12.1 Å². The van der Waals surface area contributed by atoms with Crippen LogP contribution in [0.1, 0.15) is 15.2 Å². The van der Waals surface area contributed by atoms with Gasteiger partial charge in [0.25, 0.3) is 5.91 Å². The van der Waals surface area contributed by atoms with Gasteiger partial charge in [-0.05, 0) is 30.7 Å². The predicted molar refractivity (Wildman–Crippen MR) is 89.0 cm³/mol. The van der Waals surface area contributed by atoms with Crippen LogP contribution in [-0.4, -0.2) is 22.2 Å². The van der Waals surface area contributed by atoms with Crippen molar-refractivity contribution in [3.8, 4) is 10.4 Å². The summed E-state index contributed by atoms with van der Waals surface area (Å²) in [4.78, 5) is 14.2. The highest BCUT2D eigenvalue weighted by atomic mass is 32.1. The van der Waals surface area contributed by atoms with Crippen LogP contribution in [0.3, 0.4) is 0 Å². The van der Waals surface area contributed by atoms with Crippen LogP contribution >= 0.6 is 11.3 Å². The van der Waals surface area contributed by atoms with Gasteiger partial charge in [-0.15, -0.1) is 11.3 Å². The Morgan fingerprint density at radius 2 is 2.13 bits per heavy atom. The van der Waals surface area contributed by atoms with Crippen molar-refractivity contribution in [2.24, 2.45) is 7.05 Å². The molecule has 0 aliphatic rings. The molecule has 2 aromatic heterocycles. The Kier molecular flexibility index (Phi) is 4.52. The zero-order valence-corrected chi connectivity index (χ0v) is 13.4. The molecule has 0 aliphatic carbocycles. The van der Waals surface area contributed by atoms with Gasteiger partial charge >= 0.3 is 0 Å². The van der Waals surface area contributed by atoms with Crippen molar-refractivity contribution < 1.29 is 9.18 Å². The molecular weight excluding hydrogens is 313 g/mol. The Morgan fingerprint density at radius 3 is 2.87 bits per heavy atom. The van der Waals surface area contributed by atoms with Gasteiger partial charge in [0.05, 0.1) is 11.8 Å². The van der Waals surface area contributed by atoms with E-state index in [1.807, 2.05) is 25.5 Å². The molecule has 0 atom stereocenters. The van der Waals surface area contributed by atoms with E-state index in [9.17, 15) is 9.18 Å². The fourth-order valence-electron chi connectivity index (χ4n) is 2.26. The molecule has 1 amide bonds. The number of amides is 1. The van der Waals surface area contributed by atoms with Crippen molar-refractivity contribution in [2.45, 2.75) is 6.42 Å². The molecule has 0 bridgehead atoms. The smallest absolute Gasteiger partial charge is 0.254 e. The number of thiophene rings is 1. The second-order valence-corrected chi connectivity index (χ2v) is 6.32. The highest BCUT2D eigenvalue weighted by Gasteiger charge is 2.10. The quantitative estimate of drug-likeness (QED) is 0.781. The summed E-state index contributed by atoms with van der Waals surface area (Å²) in [5, 5.41) is 6.91. The number of benzene rings is 1. The molecule has 0 saturated carbocycles. The number of nitrogens with zero attached hydrogens (tertiary/aromatic N) is 2. The second-order valence-electron chi connectivity index (χ2n) is 5.15. The Labute approximate surface area is 137 Å². The number of aryl methyl sites for hydroxylation is 1. The first-order valence-electron chi connectivity index (χ1n) is 7.24. The lowest BCUT2D eigenvalue weighted by molar-refractivity contribution is 0.0950. The standard InChI is InChI=1S/C17H16FN3OS/c1-21-11-12(10-20-21)16-7-6-13(23-16)8-9-19-17(22)14-4-2-3-5-15(14)18/h2-7,10-11H,8-9H2,1H3,(H,19,22). The number of hydrogen-bond acceptors (Lipinski definition) is 3. The first-order valence-corrected chi connectivity index (χ1v) is 8.05. The molecular formula is C17H16FN3OS. The number of aromatic nitrogens is 2. The molecule has 23 heavy (non-hydrogen) atoms. The summed E-state index contributed by atoms with van der Waals surface area (Å²) in [7, 11) is 1.89. The van der Waals surface area contributed by atoms with E-state index in [1.165, 1.54) is 12.1 Å². The second kappa shape index (κ2) is 6.75. The number of carbonyl (C=O) groups excluding carboxylic acids is 1.